The maximum absolute atomic E-state index is 14.2. The van der Waals surface area contributed by atoms with Gasteiger partial charge in [0.05, 0.1) is 11.1 Å². The maximum atomic E-state index is 14.2. The van der Waals surface area contributed by atoms with Gasteiger partial charge in [0.2, 0.25) is 5.92 Å². The Morgan fingerprint density at radius 2 is 1.74 bits per heavy atom. The number of hydrogen-bond donors (Lipinski definition) is 1. The zero-order valence-corrected chi connectivity index (χ0v) is 25.8. The highest BCUT2D eigenvalue weighted by Crippen LogP contribution is 2.60. The molecule has 3 aliphatic rings. The molecule has 2 heterocycles. The first-order valence-electron chi connectivity index (χ1n) is 15.4. The maximum Gasteiger partial charge on any atom is 0.418 e. The summed E-state index contributed by atoms with van der Waals surface area (Å²) in [5, 5.41) is 11.6. The number of likely N-dealkylation sites (tertiary alicyclic amines) is 1. The Hall–Kier alpha value is -2.77. The summed E-state index contributed by atoms with van der Waals surface area (Å²) in [6.07, 6.45) is 5.13. The van der Waals surface area contributed by atoms with Crippen LogP contribution in [0.25, 0.3) is 10.9 Å². The number of piperidine rings is 1. The van der Waals surface area contributed by atoms with E-state index in [2.05, 4.69) is 30.0 Å². The second-order valence-corrected chi connectivity index (χ2v) is 14.8. The average molecular weight is 579 g/mol. The van der Waals surface area contributed by atoms with E-state index in [1.807, 2.05) is 45.2 Å². The third kappa shape index (κ3) is 5.62. The molecular weight excluding hydrogens is 534 g/mol. The first-order chi connectivity index (χ1) is 19.5. The van der Waals surface area contributed by atoms with Crippen molar-refractivity contribution in [3.8, 4) is 0 Å². The molecular formula is C35H44F2N2O3. The van der Waals surface area contributed by atoms with Crippen molar-refractivity contribution in [2.45, 2.75) is 116 Å². The standard InChI is InChI=1S/C35H44F2N2O3/c1-22-17-27(23-7-8-23)28(26-13-15-39(30(22)26)31(40)42-32(2,3)4)19-38-16-14-34(20-35(36,37)21-34)18-29(38)24-9-11-25(12-10-24)33(5,6)41/h9-13,15,17,23,29,41H,7-8,14,16,18-21H2,1-6H3. The molecule has 2 aromatic carbocycles. The molecule has 3 aromatic rings. The second kappa shape index (κ2) is 9.88. The lowest BCUT2D eigenvalue weighted by molar-refractivity contribution is -0.186. The summed E-state index contributed by atoms with van der Waals surface area (Å²) in [5.41, 5.74) is 4.55. The monoisotopic (exact) mass is 578 g/mol. The van der Waals surface area contributed by atoms with Crippen LogP contribution in [0.4, 0.5) is 13.6 Å². The Balaban J connectivity index is 1.39. The molecule has 1 spiro atoms. The first-order valence-corrected chi connectivity index (χ1v) is 15.4. The van der Waals surface area contributed by atoms with E-state index in [0.717, 1.165) is 53.4 Å². The third-order valence-corrected chi connectivity index (χ3v) is 9.54. The number of aromatic nitrogens is 1. The van der Waals surface area contributed by atoms with Crippen LogP contribution in [-0.2, 0) is 16.9 Å². The minimum Gasteiger partial charge on any atom is -0.443 e. The van der Waals surface area contributed by atoms with Crippen molar-refractivity contribution in [1.29, 1.82) is 0 Å². The van der Waals surface area contributed by atoms with Crippen LogP contribution in [0, 0.1) is 12.3 Å². The van der Waals surface area contributed by atoms with Crippen molar-refractivity contribution < 1.29 is 23.4 Å². The number of benzene rings is 2. The molecule has 6 rings (SSSR count). The van der Waals surface area contributed by atoms with E-state index in [9.17, 15) is 18.7 Å². The van der Waals surface area contributed by atoms with Gasteiger partial charge in [-0.2, -0.15) is 0 Å². The summed E-state index contributed by atoms with van der Waals surface area (Å²) in [6, 6.07) is 12.3. The molecule has 1 saturated heterocycles. The molecule has 1 atom stereocenters. The molecule has 1 N–H and O–H groups in total. The van der Waals surface area contributed by atoms with Crippen LogP contribution in [0.5, 0.6) is 0 Å². The minimum absolute atomic E-state index is 0.0120. The van der Waals surface area contributed by atoms with Crippen LogP contribution in [0.3, 0.4) is 0 Å². The van der Waals surface area contributed by atoms with Crippen LogP contribution in [0.15, 0.2) is 42.6 Å². The van der Waals surface area contributed by atoms with Crippen LogP contribution >= 0.6 is 0 Å². The van der Waals surface area contributed by atoms with Gasteiger partial charge in [0.15, 0.2) is 0 Å². The van der Waals surface area contributed by atoms with Gasteiger partial charge < -0.3 is 9.84 Å². The lowest BCUT2D eigenvalue weighted by Crippen LogP contribution is -2.53. The summed E-state index contributed by atoms with van der Waals surface area (Å²) in [7, 11) is 0. The highest BCUT2D eigenvalue weighted by Gasteiger charge is 2.58. The van der Waals surface area contributed by atoms with Crippen molar-refractivity contribution in [3.05, 3.63) is 70.4 Å². The van der Waals surface area contributed by atoms with E-state index in [1.54, 1.807) is 18.4 Å². The van der Waals surface area contributed by atoms with Gasteiger partial charge in [-0.15, -0.1) is 0 Å². The molecule has 5 nitrogen and oxygen atoms in total. The van der Waals surface area contributed by atoms with Gasteiger partial charge >= 0.3 is 6.09 Å². The Kier molecular flexibility index (Phi) is 6.90. The number of aryl methyl sites for hydroxylation is 1. The molecule has 1 aromatic heterocycles. The number of fused-ring (bicyclic) bond motifs is 1. The van der Waals surface area contributed by atoms with Crippen LogP contribution in [0.1, 0.15) is 113 Å². The normalized spacial score (nSPS) is 22.4. The Morgan fingerprint density at radius 3 is 2.31 bits per heavy atom. The minimum atomic E-state index is -2.57. The molecule has 7 heteroatoms. The SMILES string of the molecule is Cc1cc(C2CC2)c(CN2CCC3(CC2c2ccc(C(C)(C)O)cc2)CC(F)(F)C3)c2ccn(C(=O)OC(C)(C)C)c12. The number of aliphatic hydroxyl groups is 1. The van der Waals surface area contributed by atoms with Gasteiger partial charge in [0.1, 0.15) is 5.60 Å². The van der Waals surface area contributed by atoms with Gasteiger partial charge in [-0.3, -0.25) is 9.47 Å². The van der Waals surface area contributed by atoms with Crippen molar-refractivity contribution in [2.24, 2.45) is 5.41 Å². The van der Waals surface area contributed by atoms with E-state index in [4.69, 9.17) is 4.74 Å². The van der Waals surface area contributed by atoms with Gasteiger partial charge in [0, 0.05) is 37.0 Å². The molecule has 0 amide bonds. The molecule has 42 heavy (non-hydrogen) atoms. The number of carbonyl (C=O) groups excluding carboxylic acids is 1. The highest BCUT2D eigenvalue weighted by atomic mass is 19.3. The van der Waals surface area contributed by atoms with Crippen LogP contribution in [0.2, 0.25) is 0 Å². The Labute approximate surface area is 247 Å². The largest absolute Gasteiger partial charge is 0.443 e. The second-order valence-electron chi connectivity index (χ2n) is 14.8. The van der Waals surface area contributed by atoms with Gasteiger partial charge in [-0.05, 0) is 119 Å². The van der Waals surface area contributed by atoms with E-state index in [1.165, 1.54) is 11.1 Å². The van der Waals surface area contributed by atoms with Crippen molar-refractivity contribution >= 4 is 17.0 Å². The predicted octanol–water partition coefficient (Wildman–Crippen LogP) is 8.59. The number of hydrogen-bond acceptors (Lipinski definition) is 4. The van der Waals surface area contributed by atoms with E-state index < -0.39 is 17.1 Å². The molecule has 226 valence electrons. The zero-order chi connectivity index (χ0) is 30.2. The molecule has 3 fully saturated rings. The quantitative estimate of drug-likeness (QED) is 0.329. The molecule has 2 saturated carbocycles. The van der Waals surface area contributed by atoms with E-state index >= 15 is 0 Å². The van der Waals surface area contributed by atoms with Gasteiger partial charge in [-0.1, -0.05) is 30.3 Å². The van der Waals surface area contributed by atoms with Gasteiger partial charge in [-0.25, -0.2) is 13.6 Å². The molecule has 0 radical (unpaired) electrons. The smallest absolute Gasteiger partial charge is 0.418 e. The number of nitrogens with zero attached hydrogens (tertiary/aromatic N) is 2. The predicted molar refractivity (Wildman–Crippen MR) is 161 cm³/mol. The summed E-state index contributed by atoms with van der Waals surface area (Å²) >= 11 is 0. The first kappa shape index (κ1) is 29.3. The number of ether oxygens (including phenoxy) is 1. The zero-order valence-electron chi connectivity index (χ0n) is 25.8. The Morgan fingerprint density at radius 1 is 1.07 bits per heavy atom. The van der Waals surface area contributed by atoms with Crippen molar-refractivity contribution in [1.82, 2.24) is 9.47 Å². The highest BCUT2D eigenvalue weighted by molar-refractivity contribution is 5.94. The molecule has 1 unspecified atom stereocenters. The van der Waals surface area contributed by atoms with Gasteiger partial charge in [0.25, 0.3) is 0 Å². The van der Waals surface area contributed by atoms with Crippen molar-refractivity contribution in [3.63, 3.8) is 0 Å². The summed E-state index contributed by atoms with van der Waals surface area (Å²) in [4.78, 5) is 15.6. The number of halogens is 2. The molecule has 1 aliphatic heterocycles. The summed E-state index contributed by atoms with van der Waals surface area (Å²) in [6.45, 7) is 12.6. The Bertz CT molecular complexity index is 1500. The van der Waals surface area contributed by atoms with E-state index in [0.29, 0.717) is 18.9 Å². The lowest BCUT2D eigenvalue weighted by Gasteiger charge is -2.55. The molecule has 0 bridgehead atoms. The topological polar surface area (TPSA) is 54.7 Å². The van der Waals surface area contributed by atoms with Crippen molar-refractivity contribution in [2.75, 3.05) is 6.54 Å². The summed E-state index contributed by atoms with van der Waals surface area (Å²) in [5.74, 6) is -2.05. The summed E-state index contributed by atoms with van der Waals surface area (Å²) < 4.78 is 35.7. The fraction of sp³-hybridized carbons (Fsp3) is 0.571. The van der Waals surface area contributed by atoms with Crippen LogP contribution < -0.4 is 0 Å². The fourth-order valence-electron chi connectivity index (χ4n) is 7.40. The molecule has 2 aliphatic carbocycles. The number of alkyl halides is 2. The fourth-order valence-corrected chi connectivity index (χ4v) is 7.40. The third-order valence-electron chi connectivity index (χ3n) is 9.54. The lowest BCUT2D eigenvalue weighted by atomic mass is 9.59. The number of carbonyl (C=O) groups is 1. The average Bonchev–Trinajstić information content (AvgIpc) is 3.61. The number of rotatable bonds is 5. The van der Waals surface area contributed by atoms with E-state index in [-0.39, 0.29) is 30.4 Å². The van der Waals surface area contributed by atoms with Crippen LogP contribution in [-0.4, -0.2) is 38.7 Å².